The summed E-state index contributed by atoms with van der Waals surface area (Å²) in [6, 6.07) is 8.16. The summed E-state index contributed by atoms with van der Waals surface area (Å²) < 4.78 is 1.21. The van der Waals surface area contributed by atoms with Gasteiger partial charge in [0.25, 0.3) is 0 Å². The van der Waals surface area contributed by atoms with Gasteiger partial charge in [-0.05, 0) is 24.5 Å². The number of carbonyl (C=O) groups is 1. The van der Waals surface area contributed by atoms with E-state index in [9.17, 15) is 4.79 Å². The molecule has 1 aliphatic rings. The monoisotopic (exact) mass is 303 g/mol. The standard InChI is InChI=1S/C16H21N3OS/c1-11(2)7-8-17-15(20)12-9-19(10-12)16-18-13-5-3-4-6-14(13)21-16/h3-6,11-12H,7-10H2,1-2H3,(H,17,20). The molecule has 1 fully saturated rings. The number of thiazole rings is 1. The van der Waals surface area contributed by atoms with Gasteiger partial charge < -0.3 is 10.2 Å². The summed E-state index contributed by atoms with van der Waals surface area (Å²) in [4.78, 5) is 18.8. The van der Waals surface area contributed by atoms with E-state index in [0.717, 1.165) is 36.7 Å². The Morgan fingerprint density at radius 1 is 1.43 bits per heavy atom. The summed E-state index contributed by atoms with van der Waals surface area (Å²) in [6.45, 7) is 6.70. The molecule has 3 rings (SSSR count). The van der Waals surface area contributed by atoms with Gasteiger partial charge in [-0.2, -0.15) is 0 Å². The maximum Gasteiger partial charge on any atom is 0.226 e. The number of benzene rings is 1. The molecule has 5 heteroatoms. The molecule has 1 aliphatic heterocycles. The van der Waals surface area contributed by atoms with Crippen LogP contribution in [0.1, 0.15) is 20.3 Å². The van der Waals surface area contributed by atoms with E-state index < -0.39 is 0 Å². The number of para-hydroxylation sites is 1. The molecule has 21 heavy (non-hydrogen) atoms. The average Bonchev–Trinajstić information content (AvgIpc) is 2.79. The number of aromatic nitrogens is 1. The third kappa shape index (κ3) is 3.18. The topological polar surface area (TPSA) is 45.2 Å². The van der Waals surface area contributed by atoms with E-state index in [2.05, 4.69) is 35.1 Å². The highest BCUT2D eigenvalue weighted by Crippen LogP contribution is 2.32. The van der Waals surface area contributed by atoms with Crippen molar-refractivity contribution in [1.29, 1.82) is 0 Å². The Hall–Kier alpha value is -1.62. The zero-order valence-electron chi connectivity index (χ0n) is 12.5. The number of nitrogens with zero attached hydrogens (tertiary/aromatic N) is 2. The first-order chi connectivity index (χ1) is 10.1. The molecule has 1 aromatic heterocycles. The number of anilines is 1. The second-order valence-corrected chi connectivity index (χ2v) is 7.05. The largest absolute Gasteiger partial charge is 0.356 e. The third-order valence-corrected chi connectivity index (χ3v) is 4.92. The normalized spacial score (nSPS) is 15.5. The fraction of sp³-hybridized carbons (Fsp3) is 0.500. The Balaban J connectivity index is 1.52. The first-order valence-corrected chi connectivity index (χ1v) is 8.33. The predicted octanol–water partition coefficient (Wildman–Crippen LogP) is 2.89. The van der Waals surface area contributed by atoms with E-state index in [4.69, 9.17) is 0 Å². The minimum absolute atomic E-state index is 0.115. The van der Waals surface area contributed by atoms with Crippen molar-refractivity contribution in [3.05, 3.63) is 24.3 Å². The molecule has 0 spiro atoms. The highest BCUT2D eigenvalue weighted by molar-refractivity contribution is 7.22. The molecule has 2 aromatic rings. The number of hydrogen-bond acceptors (Lipinski definition) is 4. The van der Waals surface area contributed by atoms with Gasteiger partial charge in [0, 0.05) is 19.6 Å². The molecule has 1 saturated heterocycles. The lowest BCUT2D eigenvalue weighted by Gasteiger charge is -2.38. The summed E-state index contributed by atoms with van der Waals surface area (Å²) in [5.74, 6) is 0.933. The van der Waals surface area contributed by atoms with Crippen LogP contribution in [0.15, 0.2) is 24.3 Å². The minimum Gasteiger partial charge on any atom is -0.356 e. The van der Waals surface area contributed by atoms with E-state index >= 15 is 0 Å². The summed E-state index contributed by atoms with van der Waals surface area (Å²) in [7, 11) is 0. The second-order valence-electron chi connectivity index (χ2n) is 6.04. The summed E-state index contributed by atoms with van der Waals surface area (Å²) >= 11 is 1.70. The Labute approximate surface area is 129 Å². The predicted molar refractivity (Wildman–Crippen MR) is 87.8 cm³/mol. The minimum atomic E-state index is 0.115. The summed E-state index contributed by atoms with van der Waals surface area (Å²) in [5.41, 5.74) is 1.04. The zero-order chi connectivity index (χ0) is 14.8. The lowest BCUT2D eigenvalue weighted by molar-refractivity contribution is -0.125. The maximum absolute atomic E-state index is 12.0. The van der Waals surface area contributed by atoms with Gasteiger partial charge in [-0.25, -0.2) is 4.98 Å². The van der Waals surface area contributed by atoms with Crippen molar-refractivity contribution in [3.8, 4) is 0 Å². The van der Waals surface area contributed by atoms with E-state index in [0.29, 0.717) is 5.92 Å². The van der Waals surface area contributed by atoms with E-state index in [1.807, 2.05) is 18.2 Å². The Morgan fingerprint density at radius 3 is 2.90 bits per heavy atom. The fourth-order valence-corrected chi connectivity index (χ4v) is 3.41. The van der Waals surface area contributed by atoms with Crippen LogP contribution >= 0.6 is 11.3 Å². The van der Waals surface area contributed by atoms with Crippen molar-refractivity contribution in [1.82, 2.24) is 10.3 Å². The maximum atomic E-state index is 12.0. The molecule has 112 valence electrons. The van der Waals surface area contributed by atoms with Gasteiger partial charge in [-0.1, -0.05) is 37.3 Å². The molecule has 0 atom stereocenters. The van der Waals surface area contributed by atoms with Crippen LogP contribution in [0.3, 0.4) is 0 Å². The number of carbonyl (C=O) groups excluding carboxylic acids is 1. The molecule has 1 aromatic carbocycles. The molecule has 2 heterocycles. The highest BCUT2D eigenvalue weighted by atomic mass is 32.1. The first kappa shape index (κ1) is 14.3. The third-order valence-electron chi connectivity index (χ3n) is 3.83. The van der Waals surface area contributed by atoms with Gasteiger partial charge in [-0.3, -0.25) is 4.79 Å². The fourth-order valence-electron chi connectivity index (χ4n) is 2.42. The molecule has 4 nitrogen and oxygen atoms in total. The first-order valence-electron chi connectivity index (χ1n) is 7.51. The second kappa shape index (κ2) is 6.02. The molecule has 0 unspecified atom stereocenters. The smallest absolute Gasteiger partial charge is 0.226 e. The van der Waals surface area contributed by atoms with Crippen molar-refractivity contribution in [2.24, 2.45) is 11.8 Å². The van der Waals surface area contributed by atoms with Crippen LogP contribution < -0.4 is 10.2 Å². The van der Waals surface area contributed by atoms with E-state index in [1.165, 1.54) is 4.70 Å². The molecule has 1 amide bonds. The molecule has 1 N–H and O–H groups in total. The Morgan fingerprint density at radius 2 is 2.19 bits per heavy atom. The molecule has 0 saturated carbocycles. The lowest BCUT2D eigenvalue weighted by Crippen LogP contribution is -2.53. The van der Waals surface area contributed by atoms with Gasteiger partial charge in [0.15, 0.2) is 5.13 Å². The van der Waals surface area contributed by atoms with Crippen LogP contribution in [0.25, 0.3) is 10.2 Å². The zero-order valence-corrected chi connectivity index (χ0v) is 13.3. The van der Waals surface area contributed by atoms with Crippen molar-refractivity contribution >= 4 is 32.6 Å². The van der Waals surface area contributed by atoms with Gasteiger partial charge in [-0.15, -0.1) is 0 Å². The molecule has 0 aliphatic carbocycles. The molecule has 0 bridgehead atoms. The number of fused-ring (bicyclic) bond motifs is 1. The average molecular weight is 303 g/mol. The quantitative estimate of drug-likeness (QED) is 0.924. The van der Waals surface area contributed by atoms with Crippen LogP contribution in [0.2, 0.25) is 0 Å². The Kier molecular flexibility index (Phi) is 4.10. The number of nitrogens with one attached hydrogen (secondary N) is 1. The van der Waals surface area contributed by atoms with Crippen LogP contribution in [-0.2, 0) is 4.79 Å². The van der Waals surface area contributed by atoms with Crippen LogP contribution in [0.5, 0.6) is 0 Å². The van der Waals surface area contributed by atoms with Crippen LogP contribution in [0.4, 0.5) is 5.13 Å². The molecular formula is C16H21N3OS. The SMILES string of the molecule is CC(C)CCNC(=O)C1CN(c2nc3ccccc3s2)C1. The van der Waals surface area contributed by atoms with Crippen LogP contribution in [-0.4, -0.2) is 30.5 Å². The Bertz CT molecular complexity index is 598. The molecular weight excluding hydrogens is 282 g/mol. The van der Waals surface area contributed by atoms with Crippen molar-refractivity contribution < 1.29 is 4.79 Å². The number of amides is 1. The van der Waals surface area contributed by atoms with Crippen molar-refractivity contribution in [2.45, 2.75) is 20.3 Å². The van der Waals surface area contributed by atoms with Gasteiger partial charge in [0.1, 0.15) is 0 Å². The number of rotatable bonds is 5. The van der Waals surface area contributed by atoms with Gasteiger partial charge >= 0.3 is 0 Å². The van der Waals surface area contributed by atoms with E-state index in [-0.39, 0.29) is 11.8 Å². The van der Waals surface area contributed by atoms with Gasteiger partial charge in [0.2, 0.25) is 5.91 Å². The highest BCUT2D eigenvalue weighted by Gasteiger charge is 2.34. The summed E-state index contributed by atoms with van der Waals surface area (Å²) in [5, 5.41) is 4.06. The summed E-state index contributed by atoms with van der Waals surface area (Å²) in [6.07, 6.45) is 1.04. The van der Waals surface area contributed by atoms with E-state index in [1.54, 1.807) is 11.3 Å². The van der Waals surface area contributed by atoms with Crippen molar-refractivity contribution in [3.63, 3.8) is 0 Å². The molecule has 0 radical (unpaired) electrons. The van der Waals surface area contributed by atoms with Crippen molar-refractivity contribution in [2.75, 3.05) is 24.5 Å². The lowest BCUT2D eigenvalue weighted by atomic mass is 10.00. The van der Waals surface area contributed by atoms with Crippen LogP contribution in [0, 0.1) is 11.8 Å². The number of hydrogen-bond donors (Lipinski definition) is 1. The van der Waals surface area contributed by atoms with Gasteiger partial charge in [0.05, 0.1) is 16.1 Å².